The van der Waals surface area contributed by atoms with Crippen LogP contribution in [0, 0.1) is 0 Å². The van der Waals surface area contributed by atoms with Gasteiger partial charge in [0, 0.05) is 41.8 Å². The van der Waals surface area contributed by atoms with E-state index in [1.807, 2.05) is 54.6 Å². The summed E-state index contributed by atoms with van der Waals surface area (Å²) in [6, 6.07) is 18.1. The van der Waals surface area contributed by atoms with E-state index in [0.29, 0.717) is 30.1 Å². The first-order valence-electron chi connectivity index (χ1n) is 11.9. The summed E-state index contributed by atoms with van der Waals surface area (Å²) < 4.78 is 12.1. The van der Waals surface area contributed by atoms with Crippen LogP contribution in [0.5, 0.6) is 5.75 Å². The molecule has 2 aliphatic heterocycles. The van der Waals surface area contributed by atoms with Crippen LogP contribution in [-0.2, 0) is 16.1 Å². The summed E-state index contributed by atoms with van der Waals surface area (Å²) in [6.45, 7) is 0.175. The number of aliphatic hydroxyl groups excluding tert-OH is 1. The second-order valence-corrected chi connectivity index (χ2v) is 8.94. The number of carbonyl (C=O) groups is 2. The molecule has 186 valence electrons. The molecular weight excluding hydrogens is 460 g/mol. The normalized spacial score (nSPS) is 22.0. The molecule has 9 heteroatoms. The number of benzene rings is 2. The molecule has 4 atom stereocenters. The Labute approximate surface area is 208 Å². The number of anilines is 2. The Morgan fingerprint density at radius 3 is 2.64 bits per heavy atom. The van der Waals surface area contributed by atoms with Crippen LogP contribution in [0.15, 0.2) is 73.1 Å². The Morgan fingerprint density at radius 2 is 1.86 bits per heavy atom. The van der Waals surface area contributed by atoms with Crippen LogP contribution in [0.1, 0.15) is 29.9 Å². The third-order valence-electron chi connectivity index (χ3n) is 6.41. The van der Waals surface area contributed by atoms with Gasteiger partial charge in [0.1, 0.15) is 18.0 Å². The number of para-hydroxylation sites is 1. The minimum atomic E-state index is -0.551. The molecule has 2 aliphatic rings. The first-order valence-corrected chi connectivity index (χ1v) is 11.9. The van der Waals surface area contributed by atoms with Gasteiger partial charge >= 0.3 is 6.03 Å². The maximum absolute atomic E-state index is 12.6. The topological polar surface area (TPSA) is 122 Å². The molecule has 1 fully saturated rings. The number of aromatic nitrogens is 1. The van der Waals surface area contributed by atoms with Gasteiger partial charge in [-0.25, -0.2) is 4.79 Å². The van der Waals surface area contributed by atoms with Gasteiger partial charge < -0.3 is 30.5 Å². The number of hydrogen-bond acceptors (Lipinski definition) is 6. The van der Waals surface area contributed by atoms with Crippen molar-refractivity contribution in [2.24, 2.45) is 0 Å². The highest BCUT2D eigenvalue weighted by atomic mass is 16.6. The molecule has 5 rings (SSSR count). The number of hydrogen-bond donors (Lipinski definition) is 4. The fraction of sp³-hybridized carbons (Fsp3) is 0.296. The molecule has 2 aromatic carbocycles. The first-order chi connectivity index (χ1) is 17.6. The standard InChI is InChI=1S/C27H28N4O5/c32-16-24-26-22(12-20(35-24)13-25(33)29-15-17-5-4-10-28-14-17)21-11-19(8-9-23(21)36-26)31-27(34)30-18-6-2-1-3-7-18/h1-11,14,20,22,24,26,32H,12-13,15-16H2,(H,29,33)(H2,30,31,34)/t20-,22-,24+,26+/m1/s1. The number of rotatable bonds is 7. The molecule has 1 aromatic heterocycles. The predicted octanol–water partition coefficient (Wildman–Crippen LogP) is 3.43. The second kappa shape index (κ2) is 10.8. The molecule has 0 spiro atoms. The van der Waals surface area contributed by atoms with Crippen molar-refractivity contribution in [3.63, 3.8) is 0 Å². The molecular formula is C27H28N4O5. The lowest BCUT2D eigenvalue weighted by atomic mass is 9.84. The van der Waals surface area contributed by atoms with Gasteiger partial charge in [-0.1, -0.05) is 24.3 Å². The lowest BCUT2D eigenvalue weighted by Gasteiger charge is -2.37. The van der Waals surface area contributed by atoms with E-state index in [2.05, 4.69) is 20.9 Å². The summed E-state index contributed by atoms with van der Waals surface area (Å²) in [6.07, 6.45) is 2.86. The average Bonchev–Trinajstić information content (AvgIpc) is 3.26. The SMILES string of the molecule is O=C(C[C@H]1C[C@@H]2c3cc(NC(=O)Nc4ccccc4)ccc3O[C@@H]2[C@H](CO)O1)NCc1cccnc1. The van der Waals surface area contributed by atoms with Gasteiger partial charge in [-0.3, -0.25) is 9.78 Å². The van der Waals surface area contributed by atoms with E-state index in [0.717, 1.165) is 11.1 Å². The number of nitrogens with one attached hydrogen (secondary N) is 3. The zero-order valence-electron chi connectivity index (χ0n) is 19.6. The van der Waals surface area contributed by atoms with E-state index in [4.69, 9.17) is 9.47 Å². The molecule has 3 heterocycles. The molecule has 0 bridgehead atoms. The van der Waals surface area contributed by atoms with Crippen LogP contribution in [0.25, 0.3) is 0 Å². The highest BCUT2D eigenvalue weighted by Gasteiger charge is 2.46. The summed E-state index contributed by atoms with van der Waals surface area (Å²) in [5.74, 6) is 0.495. The lowest BCUT2D eigenvalue weighted by molar-refractivity contribution is -0.142. The fourth-order valence-corrected chi connectivity index (χ4v) is 4.76. The molecule has 0 unspecified atom stereocenters. The maximum Gasteiger partial charge on any atom is 0.323 e. The number of amides is 3. The van der Waals surface area contributed by atoms with Crippen molar-refractivity contribution in [2.45, 2.75) is 43.6 Å². The van der Waals surface area contributed by atoms with Crippen LogP contribution in [0.4, 0.5) is 16.2 Å². The van der Waals surface area contributed by atoms with Crippen molar-refractivity contribution < 1.29 is 24.2 Å². The fourth-order valence-electron chi connectivity index (χ4n) is 4.76. The molecule has 4 N–H and O–H groups in total. The van der Waals surface area contributed by atoms with Gasteiger partial charge in [0.05, 0.1) is 19.1 Å². The number of urea groups is 1. The van der Waals surface area contributed by atoms with Crippen molar-refractivity contribution >= 4 is 23.3 Å². The molecule has 0 saturated carbocycles. The minimum Gasteiger partial charge on any atom is -0.487 e. The van der Waals surface area contributed by atoms with Gasteiger partial charge in [0.2, 0.25) is 5.91 Å². The Bertz CT molecular complexity index is 1210. The van der Waals surface area contributed by atoms with Gasteiger partial charge in [-0.15, -0.1) is 0 Å². The second-order valence-electron chi connectivity index (χ2n) is 8.94. The summed E-state index contributed by atoms with van der Waals surface area (Å²) in [7, 11) is 0. The van der Waals surface area contributed by atoms with E-state index in [9.17, 15) is 14.7 Å². The third-order valence-corrected chi connectivity index (χ3v) is 6.41. The number of pyridine rings is 1. The zero-order chi connectivity index (χ0) is 24.9. The quantitative estimate of drug-likeness (QED) is 0.404. The van der Waals surface area contributed by atoms with Crippen molar-refractivity contribution in [3.8, 4) is 5.75 Å². The van der Waals surface area contributed by atoms with E-state index in [1.54, 1.807) is 18.5 Å². The number of ether oxygens (including phenoxy) is 2. The number of fused-ring (bicyclic) bond motifs is 3. The Balaban J connectivity index is 1.24. The third kappa shape index (κ3) is 5.48. The largest absolute Gasteiger partial charge is 0.487 e. The van der Waals surface area contributed by atoms with Crippen molar-refractivity contribution in [1.29, 1.82) is 0 Å². The number of aliphatic hydroxyl groups is 1. The van der Waals surface area contributed by atoms with E-state index >= 15 is 0 Å². The Morgan fingerprint density at radius 1 is 1.03 bits per heavy atom. The molecule has 9 nitrogen and oxygen atoms in total. The smallest absolute Gasteiger partial charge is 0.323 e. The summed E-state index contributed by atoms with van der Waals surface area (Å²) in [5.41, 5.74) is 3.17. The van der Waals surface area contributed by atoms with Crippen molar-refractivity contribution in [2.75, 3.05) is 17.2 Å². The highest BCUT2D eigenvalue weighted by molar-refractivity contribution is 5.99. The van der Waals surface area contributed by atoms with Crippen LogP contribution in [0.2, 0.25) is 0 Å². The van der Waals surface area contributed by atoms with Crippen LogP contribution in [-0.4, -0.2) is 46.9 Å². The molecule has 36 heavy (non-hydrogen) atoms. The monoisotopic (exact) mass is 488 g/mol. The first kappa shape index (κ1) is 23.8. The van der Waals surface area contributed by atoms with Crippen molar-refractivity contribution in [3.05, 3.63) is 84.2 Å². The number of nitrogens with zero attached hydrogens (tertiary/aromatic N) is 1. The lowest BCUT2D eigenvalue weighted by Crippen LogP contribution is -2.47. The Hall–Kier alpha value is -3.95. The zero-order valence-corrected chi connectivity index (χ0v) is 19.6. The molecule has 3 amide bonds. The van der Waals surface area contributed by atoms with Crippen LogP contribution in [0.3, 0.4) is 0 Å². The average molecular weight is 489 g/mol. The van der Waals surface area contributed by atoms with E-state index < -0.39 is 6.10 Å². The van der Waals surface area contributed by atoms with Crippen molar-refractivity contribution in [1.82, 2.24) is 10.3 Å². The Kier molecular flexibility index (Phi) is 7.11. The summed E-state index contributed by atoms with van der Waals surface area (Å²) in [4.78, 5) is 29.1. The van der Waals surface area contributed by atoms with E-state index in [-0.39, 0.29) is 43.1 Å². The highest BCUT2D eigenvalue weighted by Crippen LogP contribution is 2.47. The minimum absolute atomic E-state index is 0.0686. The summed E-state index contributed by atoms with van der Waals surface area (Å²) in [5, 5.41) is 18.5. The van der Waals surface area contributed by atoms with Crippen LogP contribution >= 0.6 is 0 Å². The van der Waals surface area contributed by atoms with Crippen LogP contribution < -0.4 is 20.7 Å². The molecule has 0 radical (unpaired) electrons. The van der Waals surface area contributed by atoms with Gasteiger partial charge in [0.25, 0.3) is 0 Å². The maximum atomic E-state index is 12.6. The molecule has 3 aromatic rings. The number of carbonyl (C=O) groups excluding carboxylic acids is 2. The summed E-state index contributed by atoms with van der Waals surface area (Å²) >= 11 is 0. The predicted molar refractivity (Wildman–Crippen MR) is 134 cm³/mol. The molecule has 0 aliphatic carbocycles. The van der Waals surface area contributed by atoms with Gasteiger partial charge in [-0.2, -0.15) is 0 Å². The van der Waals surface area contributed by atoms with E-state index in [1.165, 1.54) is 0 Å². The van der Waals surface area contributed by atoms with Gasteiger partial charge in [0.15, 0.2) is 0 Å². The van der Waals surface area contributed by atoms with Gasteiger partial charge in [-0.05, 0) is 48.4 Å². The molecule has 1 saturated heterocycles.